The standard InChI is InChI=1S/C22H32BrN3O7/c1-3-4-25(6-5-24-7-9-32-10-8-24)20(29)18-22-11-14(23)17(33-22)15(21(30)31)16(22)19(28)26(18)13(2)12-27/h3,13-18,27H,1,4-12H2,2H3,(H,30,31)/t13-,14?,15+,16-,17+,18+,22-/m1/s1. The van der Waals surface area contributed by atoms with Crippen LogP contribution in [-0.4, -0.2) is 124 Å². The third-order valence-electron chi connectivity index (χ3n) is 7.44. The van der Waals surface area contributed by atoms with Crippen LogP contribution in [0, 0.1) is 11.8 Å². The highest BCUT2D eigenvalue weighted by Gasteiger charge is 2.77. The highest BCUT2D eigenvalue weighted by molar-refractivity contribution is 9.09. The second-order valence-electron chi connectivity index (χ2n) is 9.31. The Morgan fingerprint density at radius 3 is 2.70 bits per heavy atom. The summed E-state index contributed by atoms with van der Waals surface area (Å²) < 4.78 is 11.6. The maximum absolute atomic E-state index is 14.0. The summed E-state index contributed by atoms with van der Waals surface area (Å²) in [5.41, 5.74) is -1.24. The molecular formula is C22H32BrN3O7. The van der Waals surface area contributed by atoms with E-state index in [-0.39, 0.29) is 17.3 Å². The molecule has 0 radical (unpaired) electrons. The van der Waals surface area contributed by atoms with Crippen LogP contribution in [0.15, 0.2) is 12.7 Å². The Balaban J connectivity index is 1.66. The molecule has 2 bridgehead atoms. The molecule has 1 unspecified atom stereocenters. The number of nitrogens with zero attached hydrogens (tertiary/aromatic N) is 3. The molecule has 4 saturated heterocycles. The van der Waals surface area contributed by atoms with E-state index in [0.29, 0.717) is 39.3 Å². The second-order valence-corrected chi connectivity index (χ2v) is 10.5. The number of fused-ring (bicyclic) bond motifs is 1. The first-order chi connectivity index (χ1) is 15.8. The number of carboxylic acids is 1. The van der Waals surface area contributed by atoms with Crippen molar-refractivity contribution in [1.82, 2.24) is 14.7 Å². The minimum Gasteiger partial charge on any atom is -0.481 e. The normalized spacial score (nSPS) is 36.6. The number of carbonyl (C=O) groups excluding carboxylic acids is 2. The van der Waals surface area contributed by atoms with Crippen LogP contribution in [0.5, 0.6) is 0 Å². The molecule has 10 nitrogen and oxygen atoms in total. The van der Waals surface area contributed by atoms with E-state index in [1.54, 1.807) is 17.9 Å². The molecule has 2 N–H and O–H groups in total. The molecular weight excluding hydrogens is 498 g/mol. The average molecular weight is 530 g/mol. The van der Waals surface area contributed by atoms with Crippen LogP contribution >= 0.6 is 15.9 Å². The van der Waals surface area contributed by atoms with Gasteiger partial charge in [0.05, 0.1) is 43.8 Å². The third-order valence-corrected chi connectivity index (χ3v) is 8.28. The van der Waals surface area contributed by atoms with Gasteiger partial charge in [-0.1, -0.05) is 22.0 Å². The Labute approximate surface area is 201 Å². The first-order valence-corrected chi connectivity index (χ1v) is 12.4. The molecule has 0 saturated carbocycles. The zero-order valence-corrected chi connectivity index (χ0v) is 20.4. The molecule has 11 heteroatoms. The van der Waals surface area contributed by atoms with Crippen LogP contribution in [0.1, 0.15) is 13.3 Å². The first kappa shape index (κ1) is 24.6. The maximum atomic E-state index is 14.0. The van der Waals surface area contributed by atoms with Crippen LogP contribution in [0.2, 0.25) is 0 Å². The quantitative estimate of drug-likeness (QED) is 0.304. The summed E-state index contributed by atoms with van der Waals surface area (Å²) in [6.45, 7) is 9.35. The summed E-state index contributed by atoms with van der Waals surface area (Å²) in [6, 6.07) is -1.65. The van der Waals surface area contributed by atoms with Crippen molar-refractivity contribution in [3.05, 3.63) is 12.7 Å². The number of aliphatic hydroxyl groups is 1. The van der Waals surface area contributed by atoms with Gasteiger partial charge in [0.1, 0.15) is 11.6 Å². The van der Waals surface area contributed by atoms with Gasteiger partial charge in [-0.05, 0) is 13.3 Å². The molecule has 184 valence electrons. The lowest BCUT2D eigenvalue weighted by atomic mass is 9.70. The number of carboxylic acid groups (broad SMARTS) is 1. The summed E-state index contributed by atoms with van der Waals surface area (Å²) >= 11 is 3.53. The Morgan fingerprint density at radius 2 is 2.09 bits per heavy atom. The molecule has 0 aliphatic carbocycles. The number of rotatable bonds is 9. The van der Waals surface area contributed by atoms with Crippen molar-refractivity contribution < 1.29 is 34.1 Å². The summed E-state index contributed by atoms with van der Waals surface area (Å²) in [5.74, 6) is -3.84. The van der Waals surface area contributed by atoms with E-state index in [9.17, 15) is 24.6 Å². The number of hydrogen-bond donors (Lipinski definition) is 2. The van der Waals surface area contributed by atoms with Crippen molar-refractivity contribution in [3.63, 3.8) is 0 Å². The van der Waals surface area contributed by atoms with Crippen molar-refractivity contribution in [2.24, 2.45) is 11.8 Å². The number of carbonyl (C=O) groups is 3. The number of aliphatic hydroxyl groups excluding tert-OH is 1. The minimum absolute atomic E-state index is 0.275. The van der Waals surface area contributed by atoms with Gasteiger partial charge in [-0.2, -0.15) is 0 Å². The van der Waals surface area contributed by atoms with E-state index >= 15 is 0 Å². The number of halogens is 1. The molecule has 4 rings (SSSR count). The number of amides is 2. The number of ether oxygens (including phenoxy) is 2. The second kappa shape index (κ2) is 9.61. The fourth-order valence-electron chi connectivity index (χ4n) is 5.90. The monoisotopic (exact) mass is 529 g/mol. The van der Waals surface area contributed by atoms with E-state index < -0.39 is 47.5 Å². The van der Waals surface area contributed by atoms with Crippen LogP contribution in [0.4, 0.5) is 0 Å². The fraction of sp³-hybridized carbons (Fsp3) is 0.773. The van der Waals surface area contributed by atoms with Gasteiger partial charge in [0.25, 0.3) is 0 Å². The Bertz CT molecular complexity index is 807. The van der Waals surface area contributed by atoms with Crippen LogP contribution < -0.4 is 0 Å². The largest absolute Gasteiger partial charge is 0.481 e. The van der Waals surface area contributed by atoms with Crippen LogP contribution in [0.3, 0.4) is 0 Å². The van der Waals surface area contributed by atoms with Crippen molar-refractivity contribution in [2.75, 3.05) is 52.5 Å². The Kier molecular flexibility index (Phi) is 7.16. The number of alkyl halides is 1. The van der Waals surface area contributed by atoms with Gasteiger partial charge in [0, 0.05) is 37.6 Å². The third kappa shape index (κ3) is 4.01. The molecule has 2 amide bonds. The van der Waals surface area contributed by atoms with E-state index in [0.717, 1.165) is 13.1 Å². The summed E-state index contributed by atoms with van der Waals surface area (Å²) in [4.78, 5) is 44.6. The lowest BCUT2D eigenvalue weighted by molar-refractivity contribution is -0.153. The van der Waals surface area contributed by atoms with Gasteiger partial charge >= 0.3 is 5.97 Å². The first-order valence-electron chi connectivity index (χ1n) is 11.4. The molecule has 7 atom stereocenters. The van der Waals surface area contributed by atoms with Gasteiger partial charge in [0.15, 0.2) is 0 Å². The topological polar surface area (TPSA) is 120 Å². The van der Waals surface area contributed by atoms with E-state index in [2.05, 4.69) is 27.4 Å². The lowest BCUT2D eigenvalue weighted by Gasteiger charge is -2.39. The lowest BCUT2D eigenvalue weighted by Crippen LogP contribution is -2.59. The molecule has 0 aromatic rings. The number of morpholine rings is 1. The number of hydrogen-bond acceptors (Lipinski definition) is 7. The zero-order chi connectivity index (χ0) is 23.9. The summed E-state index contributed by atoms with van der Waals surface area (Å²) in [7, 11) is 0. The smallest absolute Gasteiger partial charge is 0.310 e. The fourth-order valence-corrected chi connectivity index (χ4v) is 6.84. The van der Waals surface area contributed by atoms with Crippen molar-refractivity contribution in [3.8, 4) is 0 Å². The SMILES string of the molecule is C=CCN(CCN1CCOCC1)C(=O)[C@@H]1N([C@H](C)CO)C(=O)[C@H]2[C@H](C(=O)O)[C@H]3O[C@@]12CC3Br. The van der Waals surface area contributed by atoms with Crippen LogP contribution in [-0.2, 0) is 23.9 Å². The van der Waals surface area contributed by atoms with Gasteiger partial charge in [0.2, 0.25) is 11.8 Å². The highest BCUT2D eigenvalue weighted by Crippen LogP contribution is 2.60. The molecule has 4 aliphatic rings. The van der Waals surface area contributed by atoms with Crippen LogP contribution in [0.25, 0.3) is 0 Å². The molecule has 0 aromatic heterocycles. The van der Waals surface area contributed by atoms with Gasteiger partial charge < -0.3 is 29.5 Å². The molecule has 0 aromatic carbocycles. The molecule has 4 aliphatic heterocycles. The van der Waals surface area contributed by atoms with E-state index in [1.165, 1.54) is 4.90 Å². The Morgan fingerprint density at radius 1 is 1.39 bits per heavy atom. The van der Waals surface area contributed by atoms with Crippen molar-refractivity contribution >= 4 is 33.7 Å². The molecule has 33 heavy (non-hydrogen) atoms. The Hall–Kier alpha value is -1.53. The van der Waals surface area contributed by atoms with E-state index in [1.807, 2.05) is 0 Å². The van der Waals surface area contributed by atoms with Crippen molar-refractivity contribution in [2.45, 2.75) is 42.0 Å². The maximum Gasteiger partial charge on any atom is 0.310 e. The van der Waals surface area contributed by atoms with Gasteiger partial charge in [-0.25, -0.2) is 0 Å². The predicted molar refractivity (Wildman–Crippen MR) is 121 cm³/mol. The summed E-state index contributed by atoms with van der Waals surface area (Å²) in [5, 5.41) is 19.8. The molecule has 4 heterocycles. The average Bonchev–Trinajstić information content (AvgIpc) is 3.39. The summed E-state index contributed by atoms with van der Waals surface area (Å²) in [6.07, 6.45) is 1.32. The van der Waals surface area contributed by atoms with Gasteiger partial charge in [-0.3, -0.25) is 19.3 Å². The number of likely N-dealkylation sites (tertiary alicyclic amines) is 1. The zero-order valence-electron chi connectivity index (χ0n) is 18.8. The number of aliphatic carboxylic acids is 1. The van der Waals surface area contributed by atoms with Gasteiger partial charge in [-0.15, -0.1) is 6.58 Å². The highest BCUT2D eigenvalue weighted by atomic mass is 79.9. The van der Waals surface area contributed by atoms with Crippen molar-refractivity contribution in [1.29, 1.82) is 0 Å². The predicted octanol–water partition coefficient (Wildman–Crippen LogP) is -0.453. The van der Waals surface area contributed by atoms with E-state index in [4.69, 9.17) is 9.47 Å². The molecule has 4 fully saturated rings. The molecule has 1 spiro atoms. The minimum atomic E-state index is -1.24.